The average Bonchev–Trinajstić information content (AvgIpc) is 3.13. The highest BCUT2D eigenvalue weighted by atomic mass is 16.2. The van der Waals surface area contributed by atoms with Crippen LogP contribution in [0, 0.1) is 5.92 Å². The molecule has 2 N–H and O–H groups in total. The van der Waals surface area contributed by atoms with Gasteiger partial charge in [-0.05, 0) is 44.4 Å². The molecule has 1 unspecified atom stereocenters. The van der Waals surface area contributed by atoms with Gasteiger partial charge in [-0.1, -0.05) is 19.4 Å². The largest absolute Gasteiger partial charge is 0.373 e. The Kier molecular flexibility index (Phi) is 4.57. The molecule has 1 aliphatic heterocycles. The Labute approximate surface area is 165 Å². The van der Waals surface area contributed by atoms with Crippen LogP contribution < -0.4 is 5.32 Å². The molecule has 3 aliphatic rings. The van der Waals surface area contributed by atoms with E-state index in [9.17, 15) is 4.79 Å². The number of H-pyrrole nitrogens is 1. The second kappa shape index (κ2) is 7.22. The van der Waals surface area contributed by atoms with Crippen molar-refractivity contribution in [3.8, 4) is 0 Å². The van der Waals surface area contributed by atoms with Gasteiger partial charge < -0.3 is 15.2 Å². The van der Waals surface area contributed by atoms with Gasteiger partial charge >= 0.3 is 0 Å². The minimum atomic E-state index is -0.183. The Morgan fingerprint density at radius 2 is 1.93 bits per heavy atom. The van der Waals surface area contributed by atoms with Gasteiger partial charge in [-0.15, -0.1) is 0 Å². The highest BCUT2D eigenvalue weighted by Crippen LogP contribution is 2.39. The molecule has 0 radical (unpaired) electrons. The molecule has 5 rings (SSSR count). The number of rotatable bonds is 6. The van der Waals surface area contributed by atoms with Crippen LogP contribution in [0.25, 0.3) is 16.9 Å². The lowest BCUT2D eigenvalue weighted by Crippen LogP contribution is -2.48. The Morgan fingerprint density at radius 1 is 1.18 bits per heavy atom. The van der Waals surface area contributed by atoms with Crippen LogP contribution in [0.1, 0.15) is 68.5 Å². The predicted octanol–water partition coefficient (Wildman–Crippen LogP) is 3.58. The molecule has 3 heterocycles. The summed E-state index contributed by atoms with van der Waals surface area (Å²) in [5.74, 6) is 1.20. The zero-order chi connectivity index (χ0) is 19.1. The first-order valence-electron chi connectivity index (χ1n) is 10.8. The summed E-state index contributed by atoms with van der Waals surface area (Å²) in [7, 11) is 0. The fraction of sp³-hybridized carbons (Fsp3) is 0.591. The number of carbonyl (C=O) groups is 1. The van der Waals surface area contributed by atoms with Crippen molar-refractivity contribution in [1.82, 2.24) is 25.2 Å². The molecular weight excluding hydrogens is 350 g/mol. The van der Waals surface area contributed by atoms with Gasteiger partial charge in [-0.25, -0.2) is 9.97 Å². The normalized spacial score (nSPS) is 21.4. The molecule has 0 spiro atoms. The van der Waals surface area contributed by atoms with Gasteiger partial charge in [0.15, 0.2) is 5.65 Å². The third-order valence-electron chi connectivity index (χ3n) is 6.60. The number of fused-ring (bicyclic) bond motifs is 1. The van der Waals surface area contributed by atoms with Crippen molar-refractivity contribution in [3.63, 3.8) is 0 Å². The minimum Gasteiger partial charge on any atom is -0.373 e. The average molecular weight is 380 g/mol. The molecule has 1 atom stereocenters. The Morgan fingerprint density at radius 3 is 2.64 bits per heavy atom. The van der Waals surface area contributed by atoms with Crippen LogP contribution in [-0.2, 0) is 4.79 Å². The first kappa shape index (κ1) is 17.7. The van der Waals surface area contributed by atoms with E-state index in [1.165, 1.54) is 25.7 Å². The summed E-state index contributed by atoms with van der Waals surface area (Å²) in [6.07, 6.45) is 13.1. The minimum absolute atomic E-state index is 0.183. The van der Waals surface area contributed by atoms with E-state index in [1.54, 1.807) is 0 Å². The van der Waals surface area contributed by atoms with E-state index in [-0.39, 0.29) is 11.9 Å². The molecule has 2 saturated carbocycles. The van der Waals surface area contributed by atoms with E-state index in [0.29, 0.717) is 11.8 Å². The van der Waals surface area contributed by atoms with E-state index in [4.69, 9.17) is 4.98 Å². The maximum atomic E-state index is 13.2. The van der Waals surface area contributed by atoms with Crippen molar-refractivity contribution in [3.05, 3.63) is 30.2 Å². The van der Waals surface area contributed by atoms with Crippen LogP contribution in [0.15, 0.2) is 19.0 Å². The summed E-state index contributed by atoms with van der Waals surface area (Å²) in [4.78, 5) is 27.9. The van der Waals surface area contributed by atoms with Crippen LogP contribution in [0.5, 0.6) is 0 Å². The number of nitrogens with zero attached hydrogens (tertiary/aromatic N) is 3. The van der Waals surface area contributed by atoms with Crippen LogP contribution in [0.2, 0.25) is 0 Å². The van der Waals surface area contributed by atoms with Gasteiger partial charge in [-0.3, -0.25) is 4.79 Å². The Hall–Kier alpha value is -2.37. The van der Waals surface area contributed by atoms with Crippen molar-refractivity contribution in [2.75, 3.05) is 13.1 Å². The van der Waals surface area contributed by atoms with Gasteiger partial charge in [0.25, 0.3) is 0 Å². The third kappa shape index (κ3) is 3.29. The molecule has 2 aromatic rings. The zero-order valence-corrected chi connectivity index (χ0v) is 16.4. The van der Waals surface area contributed by atoms with Gasteiger partial charge in [0.1, 0.15) is 11.6 Å². The predicted molar refractivity (Wildman–Crippen MR) is 110 cm³/mol. The Balaban J connectivity index is 1.40. The number of aromatic amines is 1. The lowest BCUT2D eigenvalue weighted by atomic mass is 9.96. The van der Waals surface area contributed by atoms with E-state index < -0.39 is 0 Å². The molecule has 6 nitrogen and oxygen atoms in total. The van der Waals surface area contributed by atoms with Crippen LogP contribution in [0.4, 0.5) is 0 Å². The van der Waals surface area contributed by atoms with Crippen LogP contribution in [0.3, 0.4) is 0 Å². The van der Waals surface area contributed by atoms with Crippen molar-refractivity contribution < 1.29 is 4.79 Å². The second-order valence-electron chi connectivity index (χ2n) is 8.65. The highest BCUT2D eigenvalue weighted by Gasteiger charge is 2.35. The lowest BCUT2D eigenvalue weighted by molar-refractivity contribution is -0.133. The fourth-order valence-electron chi connectivity index (χ4n) is 4.78. The number of hydrogen-bond acceptors (Lipinski definition) is 4. The summed E-state index contributed by atoms with van der Waals surface area (Å²) in [6, 6.07) is -0.183. The van der Waals surface area contributed by atoms with Crippen molar-refractivity contribution in [2.24, 2.45) is 5.92 Å². The number of nitrogens with one attached hydrogen (secondary N) is 2. The van der Waals surface area contributed by atoms with E-state index in [2.05, 4.69) is 21.9 Å². The first-order valence-corrected chi connectivity index (χ1v) is 10.8. The van der Waals surface area contributed by atoms with Crippen molar-refractivity contribution in [2.45, 2.75) is 63.3 Å². The zero-order valence-electron chi connectivity index (χ0n) is 16.4. The molecule has 6 heteroatoms. The van der Waals surface area contributed by atoms with Crippen LogP contribution in [-0.4, -0.2) is 44.9 Å². The van der Waals surface area contributed by atoms with Crippen LogP contribution >= 0.6 is 0 Å². The van der Waals surface area contributed by atoms with E-state index in [0.717, 1.165) is 66.9 Å². The van der Waals surface area contributed by atoms with E-state index in [1.807, 2.05) is 17.3 Å². The topological polar surface area (TPSA) is 73.9 Å². The maximum Gasteiger partial charge on any atom is 0.245 e. The monoisotopic (exact) mass is 379 g/mol. The molecule has 3 fully saturated rings. The summed E-state index contributed by atoms with van der Waals surface area (Å²) < 4.78 is 0. The fourth-order valence-corrected chi connectivity index (χ4v) is 4.78. The molecule has 1 saturated heterocycles. The molecular formula is C22H29N5O. The number of aromatic nitrogens is 3. The lowest BCUT2D eigenvalue weighted by Gasteiger charge is -2.29. The molecule has 0 aromatic carbocycles. The smallest absolute Gasteiger partial charge is 0.245 e. The Bertz CT molecular complexity index is 887. The second-order valence-corrected chi connectivity index (χ2v) is 8.65. The number of hydrogen-bond donors (Lipinski definition) is 2. The van der Waals surface area contributed by atoms with Gasteiger partial charge in [0.05, 0.1) is 11.9 Å². The quantitative estimate of drug-likeness (QED) is 0.805. The standard InChI is InChI=1S/C22H29N5O/c1-14(17-12-23-21-20(17)26-18(13-24-21)15-8-9-15)25-19(16-6-2-3-7-16)22(28)27-10-4-5-11-27/h12-13,15-16,19,25H,1-11H2,(H,23,24). The number of likely N-dealkylation sites (tertiary alicyclic amines) is 1. The molecule has 0 bridgehead atoms. The van der Waals surface area contributed by atoms with E-state index >= 15 is 0 Å². The molecule has 28 heavy (non-hydrogen) atoms. The number of carbonyl (C=O) groups excluding carboxylic acids is 1. The van der Waals surface area contributed by atoms with Gasteiger partial charge in [0, 0.05) is 36.5 Å². The summed E-state index contributed by atoms with van der Waals surface area (Å²) >= 11 is 0. The summed E-state index contributed by atoms with van der Waals surface area (Å²) in [6.45, 7) is 6.06. The molecule has 2 aromatic heterocycles. The third-order valence-corrected chi connectivity index (χ3v) is 6.60. The first-order chi connectivity index (χ1) is 13.7. The summed E-state index contributed by atoms with van der Waals surface area (Å²) in [5, 5.41) is 3.52. The van der Waals surface area contributed by atoms with Crippen molar-refractivity contribution in [1.29, 1.82) is 0 Å². The maximum absolute atomic E-state index is 13.2. The van der Waals surface area contributed by atoms with Gasteiger partial charge in [0.2, 0.25) is 5.91 Å². The molecule has 1 amide bonds. The highest BCUT2D eigenvalue weighted by molar-refractivity contribution is 5.89. The molecule has 148 valence electrons. The summed E-state index contributed by atoms with van der Waals surface area (Å²) in [5.41, 5.74) is 4.42. The SMILES string of the molecule is C=C(NC(C(=O)N1CCCC1)C1CCCC1)c1c[nH]c2ncc(C3CC3)nc12. The molecule has 2 aliphatic carbocycles. The van der Waals surface area contributed by atoms with Crippen molar-refractivity contribution >= 4 is 22.8 Å². The number of amides is 1. The van der Waals surface area contributed by atoms with Gasteiger partial charge in [-0.2, -0.15) is 0 Å².